The average molecular weight is 486 g/mol. The summed E-state index contributed by atoms with van der Waals surface area (Å²) in [5, 5.41) is 0.281. The fourth-order valence-corrected chi connectivity index (χ4v) is 5.11. The molecule has 1 aliphatic heterocycles. The Morgan fingerprint density at radius 1 is 1.18 bits per heavy atom. The molecule has 1 aliphatic rings. The number of anilines is 1. The smallest absolute Gasteiger partial charge is 0.348 e. The number of nitrogens with zero attached hydrogens (tertiary/aromatic N) is 2. The Bertz CT molecular complexity index is 1220. The topological polar surface area (TPSA) is 112 Å². The molecule has 0 aliphatic carbocycles. The fourth-order valence-electron chi connectivity index (χ4n) is 3.99. The number of thiophene rings is 1. The van der Waals surface area contributed by atoms with E-state index < -0.39 is 17.7 Å². The highest BCUT2D eigenvalue weighted by Gasteiger charge is 2.28. The molecule has 0 bridgehead atoms. The Hall–Kier alpha value is -3.53. The predicted molar refractivity (Wildman–Crippen MR) is 125 cm³/mol. The first-order valence-corrected chi connectivity index (χ1v) is 11.7. The largest absolute Gasteiger partial charge is 0.462 e. The molecule has 4 rings (SSSR count). The van der Waals surface area contributed by atoms with Crippen LogP contribution in [0.2, 0.25) is 0 Å². The second-order valence-electron chi connectivity index (χ2n) is 7.88. The fraction of sp³-hybridized carbons (Fsp3) is 0.333. The van der Waals surface area contributed by atoms with E-state index in [1.807, 2.05) is 4.90 Å². The summed E-state index contributed by atoms with van der Waals surface area (Å²) in [5.41, 5.74) is 5.92. The van der Waals surface area contributed by atoms with Crippen molar-refractivity contribution in [3.63, 3.8) is 0 Å². The minimum absolute atomic E-state index is 0.188. The van der Waals surface area contributed by atoms with E-state index >= 15 is 0 Å². The molecule has 178 valence electrons. The molecule has 3 aromatic rings. The normalized spacial score (nSPS) is 14.2. The van der Waals surface area contributed by atoms with Crippen LogP contribution in [-0.4, -0.2) is 42.5 Å². The van der Waals surface area contributed by atoms with Gasteiger partial charge in [-0.05, 0) is 44.0 Å². The second kappa shape index (κ2) is 10.2. The van der Waals surface area contributed by atoms with Crippen LogP contribution >= 0.6 is 11.3 Å². The zero-order valence-corrected chi connectivity index (χ0v) is 19.4. The van der Waals surface area contributed by atoms with Gasteiger partial charge in [0.2, 0.25) is 5.91 Å². The summed E-state index contributed by atoms with van der Waals surface area (Å²) in [6.07, 6.45) is 2.55. The molecule has 8 nitrogen and oxygen atoms in total. The monoisotopic (exact) mass is 485 g/mol. The number of hydrogen-bond acceptors (Lipinski definition) is 8. The van der Waals surface area contributed by atoms with Gasteiger partial charge in [-0.25, -0.2) is 14.2 Å². The van der Waals surface area contributed by atoms with Crippen LogP contribution in [0.4, 0.5) is 10.2 Å². The van der Waals surface area contributed by atoms with Crippen LogP contribution in [0.1, 0.15) is 45.4 Å². The maximum Gasteiger partial charge on any atom is 0.348 e. The number of carbonyl (C=O) groups excluding carboxylic acids is 3. The summed E-state index contributed by atoms with van der Waals surface area (Å²) >= 11 is 1.13. The van der Waals surface area contributed by atoms with Crippen molar-refractivity contribution >= 4 is 45.1 Å². The molecule has 0 radical (unpaired) electrons. The Morgan fingerprint density at radius 2 is 1.94 bits per heavy atom. The quantitative estimate of drug-likeness (QED) is 0.508. The molecule has 2 N–H and O–H groups in total. The number of ether oxygens (including phenoxy) is 2. The minimum Gasteiger partial charge on any atom is -0.462 e. The van der Waals surface area contributed by atoms with E-state index in [0.717, 1.165) is 11.3 Å². The SMILES string of the molecule is CCOC(=O)c1sc2cccc(F)c2c1COC(=O)C1CCN(c2ccc(C(N)=O)cn2)CC1. The van der Waals surface area contributed by atoms with Crippen LogP contribution in [0, 0.1) is 11.7 Å². The van der Waals surface area contributed by atoms with Crippen LogP contribution in [0.25, 0.3) is 10.1 Å². The van der Waals surface area contributed by atoms with E-state index in [-0.39, 0.29) is 35.4 Å². The van der Waals surface area contributed by atoms with E-state index in [9.17, 15) is 18.8 Å². The van der Waals surface area contributed by atoms with Crippen molar-refractivity contribution in [1.29, 1.82) is 0 Å². The molecule has 34 heavy (non-hydrogen) atoms. The lowest BCUT2D eigenvalue weighted by molar-refractivity contribution is -0.150. The molecule has 1 fully saturated rings. The van der Waals surface area contributed by atoms with Gasteiger partial charge in [0.1, 0.15) is 23.1 Å². The van der Waals surface area contributed by atoms with Crippen LogP contribution in [0.3, 0.4) is 0 Å². The number of fused-ring (bicyclic) bond motifs is 1. The van der Waals surface area contributed by atoms with Crippen molar-refractivity contribution in [2.45, 2.75) is 26.4 Å². The maximum absolute atomic E-state index is 14.5. The highest BCUT2D eigenvalue weighted by Crippen LogP contribution is 2.35. The Labute approximate surface area is 199 Å². The van der Waals surface area contributed by atoms with E-state index in [0.29, 0.717) is 47.6 Å². The summed E-state index contributed by atoms with van der Waals surface area (Å²) in [6, 6.07) is 7.96. The molecular weight excluding hydrogens is 461 g/mol. The lowest BCUT2D eigenvalue weighted by Gasteiger charge is -2.31. The number of carbonyl (C=O) groups is 3. The molecule has 0 spiro atoms. The van der Waals surface area contributed by atoms with E-state index in [1.54, 1.807) is 31.2 Å². The molecule has 0 atom stereocenters. The second-order valence-corrected chi connectivity index (χ2v) is 8.93. The Morgan fingerprint density at radius 3 is 2.59 bits per heavy atom. The van der Waals surface area contributed by atoms with Gasteiger partial charge >= 0.3 is 11.9 Å². The van der Waals surface area contributed by atoms with Crippen molar-refractivity contribution in [3.05, 3.63) is 58.3 Å². The first-order valence-electron chi connectivity index (χ1n) is 10.9. The van der Waals surface area contributed by atoms with Gasteiger partial charge in [-0.2, -0.15) is 0 Å². The van der Waals surface area contributed by atoms with Gasteiger partial charge < -0.3 is 20.1 Å². The van der Waals surface area contributed by atoms with Crippen molar-refractivity contribution in [2.24, 2.45) is 11.7 Å². The van der Waals surface area contributed by atoms with Gasteiger partial charge in [0.05, 0.1) is 18.1 Å². The number of rotatable bonds is 7. The number of primary amides is 1. The highest BCUT2D eigenvalue weighted by molar-refractivity contribution is 7.21. The van der Waals surface area contributed by atoms with E-state index in [1.165, 1.54) is 12.3 Å². The number of hydrogen-bond donors (Lipinski definition) is 1. The maximum atomic E-state index is 14.5. The van der Waals surface area contributed by atoms with Gasteiger partial charge in [0.25, 0.3) is 0 Å². The standard InChI is InChI=1S/C24H24FN3O5S/c1-2-32-24(31)21-16(20-17(25)4-3-5-18(20)34-21)13-33-23(30)14-8-10-28(11-9-14)19-7-6-15(12-27-19)22(26)29/h3-7,12,14H,2,8-11,13H2,1H3,(H2,26,29). The zero-order chi connectivity index (χ0) is 24.2. The molecule has 0 saturated carbocycles. The average Bonchev–Trinajstić information content (AvgIpc) is 3.23. The van der Waals surface area contributed by atoms with Crippen molar-refractivity contribution in [3.8, 4) is 0 Å². The number of esters is 2. The molecule has 1 aromatic carbocycles. The third-order valence-corrected chi connectivity index (χ3v) is 6.94. The number of piperidine rings is 1. The minimum atomic E-state index is -0.558. The number of pyridine rings is 1. The number of halogens is 1. The van der Waals surface area contributed by atoms with E-state index in [2.05, 4.69) is 4.98 Å². The molecule has 2 aromatic heterocycles. The molecular formula is C24H24FN3O5S. The van der Waals surface area contributed by atoms with Crippen LogP contribution < -0.4 is 10.6 Å². The van der Waals surface area contributed by atoms with Crippen LogP contribution in [0.15, 0.2) is 36.5 Å². The van der Waals surface area contributed by atoms with Gasteiger partial charge in [-0.1, -0.05) is 6.07 Å². The van der Waals surface area contributed by atoms with Gasteiger partial charge in [-0.3, -0.25) is 9.59 Å². The number of aromatic nitrogens is 1. The van der Waals surface area contributed by atoms with Crippen molar-refractivity contribution in [1.82, 2.24) is 4.98 Å². The molecule has 1 saturated heterocycles. The third-order valence-electron chi connectivity index (χ3n) is 5.77. The number of nitrogens with two attached hydrogens (primary N) is 1. The summed E-state index contributed by atoms with van der Waals surface area (Å²) in [6.45, 7) is 2.86. The van der Waals surface area contributed by atoms with Crippen molar-refractivity contribution in [2.75, 3.05) is 24.6 Å². The lowest BCUT2D eigenvalue weighted by Crippen LogP contribution is -2.37. The van der Waals surface area contributed by atoms with Gasteiger partial charge in [0.15, 0.2) is 0 Å². The summed E-state index contributed by atoms with van der Waals surface area (Å²) in [5.74, 6) is -1.57. The summed E-state index contributed by atoms with van der Waals surface area (Å²) < 4.78 is 25.8. The molecule has 1 amide bonds. The Kier molecular flexibility index (Phi) is 7.06. The lowest BCUT2D eigenvalue weighted by atomic mass is 9.97. The first kappa shape index (κ1) is 23.6. The summed E-state index contributed by atoms with van der Waals surface area (Å²) in [7, 11) is 0. The molecule has 10 heteroatoms. The third kappa shape index (κ3) is 4.86. The first-order chi connectivity index (χ1) is 16.4. The molecule has 3 heterocycles. The van der Waals surface area contributed by atoms with Gasteiger partial charge in [-0.15, -0.1) is 11.3 Å². The van der Waals surface area contributed by atoms with Crippen LogP contribution in [-0.2, 0) is 20.9 Å². The highest BCUT2D eigenvalue weighted by atomic mass is 32.1. The Balaban J connectivity index is 1.41. The summed E-state index contributed by atoms with van der Waals surface area (Å²) in [4.78, 5) is 42.9. The number of benzene rings is 1. The zero-order valence-electron chi connectivity index (χ0n) is 18.6. The van der Waals surface area contributed by atoms with Crippen molar-refractivity contribution < 1.29 is 28.2 Å². The molecule has 0 unspecified atom stereocenters. The number of amides is 1. The van der Waals surface area contributed by atoms with Gasteiger partial charge in [0, 0.05) is 34.9 Å². The van der Waals surface area contributed by atoms with E-state index in [4.69, 9.17) is 15.2 Å². The van der Waals surface area contributed by atoms with Crippen LogP contribution in [0.5, 0.6) is 0 Å². The predicted octanol–water partition coefficient (Wildman–Crippen LogP) is 3.67.